The minimum absolute atomic E-state index is 0. The molecule has 0 heterocycles. The van der Waals surface area contributed by atoms with E-state index in [1.807, 2.05) is 0 Å². The topological polar surface area (TPSA) is 18.5 Å². The van der Waals surface area contributed by atoms with E-state index in [0.717, 1.165) is 13.2 Å². The maximum atomic E-state index is 4.88. The molecule has 0 bridgehead atoms. The van der Waals surface area contributed by atoms with Crippen LogP contribution in [0.25, 0.3) is 0 Å². The summed E-state index contributed by atoms with van der Waals surface area (Å²) >= 11 is 0. The molecule has 0 spiro atoms. The zero-order valence-electron chi connectivity index (χ0n) is 12.1. The van der Waals surface area contributed by atoms with Crippen molar-refractivity contribution in [2.24, 2.45) is 11.8 Å². The second-order valence-corrected chi connectivity index (χ2v) is 3.91. The van der Waals surface area contributed by atoms with Gasteiger partial charge in [0.25, 0.3) is 0 Å². The predicted molar refractivity (Wildman–Crippen MR) is 68.8 cm³/mol. The van der Waals surface area contributed by atoms with Crippen LogP contribution in [0.2, 0.25) is 0 Å². The van der Waals surface area contributed by atoms with Crippen LogP contribution in [-0.4, -0.2) is 27.4 Å². The van der Waals surface area contributed by atoms with Gasteiger partial charge in [-0.25, -0.2) is 0 Å². The van der Waals surface area contributed by atoms with Gasteiger partial charge in [-0.2, -0.15) is 5.92 Å². The van der Waals surface area contributed by atoms with Gasteiger partial charge in [-0.1, -0.05) is 33.6 Å². The smallest absolute Gasteiger partial charge is 0.0509 e. The Kier molecular flexibility index (Phi) is 34.3. The molecule has 0 N–H and O–H groups in total. The summed E-state index contributed by atoms with van der Waals surface area (Å²) in [6.07, 6.45) is 2.53. The normalized spacial score (nSPS) is 10.7. The molecule has 0 fully saturated rings. The van der Waals surface area contributed by atoms with E-state index in [1.54, 1.807) is 14.2 Å². The van der Waals surface area contributed by atoms with E-state index in [1.165, 1.54) is 12.8 Å². The van der Waals surface area contributed by atoms with Gasteiger partial charge in [-0.05, 0) is 0 Å². The molecular weight excluding hydrogens is 277 g/mol. The molecule has 1 atom stereocenters. The van der Waals surface area contributed by atoms with Crippen LogP contribution in [0.4, 0.5) is 0 Å². The first-order valence-corrected chi connectivity index (χ1v) is 5.39. The van der Waals surface area contributed by atoms with Gasteiger partial charge in [0, 0.05) is 52.8 Å². The number of hydrogen-bond donors (Lipinski definition) is 0. The van der Waals surface area contributed by atoms with Crippen LogP contribution in [0.15, 0.2) is 0 Å². The molecular formula is C13H30O2Y-2. The Labute approximate surface area is 129 Å². The zero-order chi connectivity index (χ0) is 11.4. The molecule has 0 amide bonds. The molecule has 0 saturated heterocycles. The third-order valence-electron chi connectivity index (χ3n) is 1.68. The summed E-state index contributed by atoms with van der Waals surface area (Å²) in [5, 5.41) is 0. The minimum atomic E-state index is 0. The fraction of sp³-hybridized carbons (Fsp3) is 0.846. The van der Waals surface area contributed by atoms with Gasteiger partial charge in [0.2, 0.25) is 0 Å². The molecule has 0 aliphatic carbocycles. The predicted octanol–water partition coefficient (Wildman–Crippen LogP) is 3.62. The molecule has 2 nitrogen and oxygen atoms in total. The summed E-state index contributed by atoms with van der Waals surface area (Å²) in [5.74, 6) is 1.17. The van der Waals surface area contributed by atoms with Crippen molar-refractivity contribution >= 4 is 0 Å². The maximum Gasteiger partial charge on any atom is 0.0509 e. The van der Waals surface area contributed by atoms with E-state index in [2.05, 4.69) is 27.7 Å². The van der Waals surface area contributed by atoms with Crippen molar-refractivity contribution in [3.63, 3.8) is 0 Å². The number of hydrogen-bond acceptors (Lipinski definition) is 2. The molecule has 0 rings (SSSR count). The summed E-state index contributed by atoms with van der Waals surface area (Å²) in [5.41, 5.74) is 0. The number of rotatable bonds is 6. The number of ether oxygens (including phenoxy) is 2. The molecule has 0 saturated carbocycles. The zero-order valence-corrected chi connectivity index (χ0v) is 14.9. The van der Waals surface area contributed by atoms with Crippen molar-refractivity contribution in [3.05, 3.63) is 14.4 Å². The van der Waals surface area contributed by atoms with Crippen molar-refractivity contribution in [1.29, 1.82) is 0 Å². The largest absolute Gasteiger partial charge is 0.384 e. The molecule has 0 aliphatic rings. The summed E-state index contributed by atoms with van der Waals surface area (Å²) < 4.78 is 9.75. The van der Waals surface area contributed by atoms with E-state index >= 15 is 0 Å². The van der Waals surface area contributed by atoms with Crippen LogP contribution >= 0.6 is 0 Å². The molecule has 0 aromatic heterocycles. The number of methoxy groups -OCH3 is 2. The molecule has 3 heteroatoms. The van der Waals surface area contributed by atoms with E-state index in [9.17, 15) is 0 Å². The fourth-order valence-corrected chi connectivity index (χ4v) is 1.11. The summed E-state index contributed by atoms with van der Waals surface area (Å²) in [6, 6.07) is 0. The van der Waals surface area contributed by atoms with Crippen LogP contribution in [-0.2, 0) is 42.2 Å². The minimum Gasteiger partial charge on any atom is -0.384 e. The molecule has 1 unspecified atom stereocenters. The third kappa shape index (κ3) is 29.4. The average Bonchev–Trinajstić information content (AvgIpc) is 2.05. The first-order valence-electron chi connectivity index (χ1n) is 5.39. The van der Waals surface area contributed by atoms with Crippen molar-refractivity contribution in [2.75, 3.05) is 27.4 Å². The van der Waals surface area contributed by atoms with Crippen molar-refractivity contribution in [2.45, 2.75) is 33.6 Å². The van der Waals surface area contributed by atoms with Crippen molar-refractivity contribution < 1.29 is 42.2 Å². The average molecular weight is 307 g/mol. The summed E-state index contributed by atoms with van der Waals surface area (Å²) in [7, 11) is 3.40. The summed E-state index contributed by atoms with van der Waals surface area (Å²) in [6.45, 7) is 11.8. The molecule has 0 aromatic rings. The standard InChI is InChI=1S/C6H14O2.C6H13.CH3.Y/c1-6(4-7-2)5-8-3;1-4-5-6(2)3;;/h6H,4-5H2,1-3H3;6H,2,4-5H2,1,3H3;1H3;/q;2*-1;. The van der Waals surface area contributed by atoms with Crippen molar-refractivity contribution in [1.82, 2.24) is 0 Å². The Morgan fingerprint density at radius 2 is 1.44 bits per heavy atom. The first kappa shape index (κ1) is 25.8. The first-order chi connectivity index (χ1) is 6.58. The Balaban J connectivity index is -0.0000000825. The van der Waals surface area contributed by atoms with Crippen LogP contribution in [0.3, 0.4) is 0 Å². The van der Waals surface area contributed by atoms with Gasteiger partial charge in [0.05, 0.1) is 13.2 Å². The monoisotopic (exact) mass is 307 g/mol. The SMILES string of the molecule is COCC(C)COC.[CH2-]C(C)CCC.[CH3-].[Y]. The van der Waals surface area contributed by atoms with E-state index in [0.29, 0.717) is 11.8 Å². The van der Waals surface area contributed by atoms with Gasteiger partial charge in [-0.15, -0.1) is 0 Å². The van der Waals surface area contributed by atoms with Gasteiger partial charge < -0.3 is 23.8 Å². The Hall–Kier alpha value is 1.02. The van der Waals surface area contributed by atoms with E-state index in [-0.39, 0.29) is 40.1 Å². The van der Waals surface area contributed by atoms with Gasteiger partial charge in [0.15, 0.2) is 0 Å². The van der Waals surface area contributed by atoms with E-state index in [4.69, 9.17) is 9.47 Å². The molecule has 16 heavy (non-hydrogen) atoms. The van der Waals surface area contributed by atoms with E-state index < -0.39 is 0 Å². The van der Waals surface area contributed by atoms with Crippen molar-refractivity contribution in [3.8, 4) is 0 Å². The molecule has 0 aromatic carbocycles. The second-order valence-electron chi connectivity index (χ2n) is 3.91. The maximum absolute atomic E-state index is 4.88. The Morgan fingerprint density at radius 1 is 1.06 bits per heavy atom. The van der Waals surface area contributed by atoms with Crippen LogP contribution < -0.4 is 0 Å². The Bertz CT molecular complexity index is 91.9. The quantitative estimate of drug-likeness (QED) is 0.698. The third-order valence-corrected chi connectivity index (χ3v) is 1.68. The second kappa shape index (κ2) is 21.3. The van der Waals surface area contributed by atoms with Crippen LogP contribution in [0.5, 0.6) is 0 Å². The summed E-state index contributed by atoms with van der Waals surface area (Å²) in [4.78, 5) is 0. The van der Waals surface area contributed by atoms with Gasteiger partial charge in [-0.3, -0.25) is 0 Å². The molecule has 0 aliphatic heterocycles. The van der Waals surface area contributed by atoms with Gasteiger partial charge >= 0.3 is 0 Å². The molecule has 99 valence electrons. The van der Waals surface area contributed by atoms with Crippen LogP contribution in [0, 0.1) is 26.2 Å². The Morgan fingerprint density at radius 3 is 1.56 bits per heavy atom. The van der Waals surface area contributed by atoms with Crippen LogP contribution in [0.1, 0.15) is 33.6 Å². The molecule has 1 radical (unpaired) electrons. The van der Waals surface area contributed by atoms with Gasteiger partial charge in [0.1, 0.15) is 0 Å². The fourth-order valence-electron chi connectivity index (χ4n) is 1.11.